The van der Waals surface area contributed by atoms with Gasteiger partial charge < -0.3 is 5.11 Å². The van der Waals surface area contributed by atoms with Gasteiger partial charge in [0.15, 0.2) is 0 Å². The summed E-state index contributed by atoms with van der Waals surface area (Å²) < 4.78 is 0. The minimum absolute atomic E-state index is 0.126. The van der Waals surface area contributed by atoms with Crippen molar-refractivity contribution in [2.45, 2.75) is 39.7 Å². The minimum Gasteiger partial charge on any atom is -0.392 e. The van der Waals surface area contributed by atoms with Crippen LogP contribution in [0.1, 0.15) is 33.6 Å². The summed E-state index contributed by atoms with van der Waals surface area (Å²) in [5, 5.41) is 10.2. The van der Waals surface area contributed by atoms with Crippen LogP contribution in [0.3, 0.4) is 0 Å². The molecule has 0 saturated heterocycles. The van der Waals surface area contributed by atoms with Crippen LogP contribution in [0.2, 0.25) is 0 Å². The van der Waals surface area contributed by atoms with Crippen molar-refractivity contribution in [3.8, 4) is 0 Å². The molecule has 4 unspecified atom stereocenters. The van der Waals surface area contributed by atoms with Gasteiger partial charge in [0.05, 0.1) is 6.10 Å². The first-order chi connectivity index (χ1) is 5.95. The van der Waals surface area contributed by atoms with Gasteiger partial charge in [-0.05, 0) is 41.3 Å². The van der Waals surface area contributed by atoms with Crippen molar-refractivity contribution in [1.29, 1.82) is 0 Å². The van der Waals surface area contributed by atoms with Crippen molar-refractivity contribution in [3.63, 3.8) is 0 Å². The lowest BCUT2D eigenvalue weighted by Gasteiger charge is -2.37. The second-order valence-electron chi connectivity index (χ2n) is 5.58. The Bertz CT molecular complexity index is 226. The van der Waals surface area contributed by atoms with Crippen molar-refractivity contribution in [3.05, 3.63) is 0 Å². The molecule has 0 radical (unpaired) electrons. The van der Waals surface area contributed by atoms with Gasteiger partial charge >= 0.3 is 0 Å². The predicted octanol–water partition coefficient (Wildman–Crippen LogP) is 2.35. The Morgan fingerprint density at radius 2 is 2.00 bits per heavy atom. The molecule has 0 aromatic rings. The summed E-state index contributed by atoms with van der Waals surface area (Å²) in [5.41, 5.74) is 0.449. The molecule has 0 aromatic heterocycles. The average molecular weight is 200 g/mol. The summed E-state index contributed by atoms with van der Waals surface area (Å²) in [5.74, 6) is 1.95. The number of hydrogen-bond acceptors (Lipinski definition) is 2. The van der Waals surface area contributed by atoms with E-state index in [1.807, 2.05) is 0 Å². The van der Waals surface area contributed by atoms with Gasteiger partial charge in [0, 0.05) is 0 Å². The summed E-state index contributed by atoms with van der Waals surface area (Å²) >= 11 is 4.36. The summed E-state index contributed by atoms with van der Waals surface area (Å²) in [6.45, 7) is 6.88. The molecule has 2 aliphatic carbocycles. The maximum absolute atomic E-state index is 10.2. The fourth-order valence-corrected chi connectivity index (χ4v) is 4.21. The fraction of sp³-hybridized carbons (Fsp3) is 1.00. The Balaban J connectivity index is 2.39. The van der Waals surface area contributed by atoms with E-state index in [-0.39, 0.29) is 11.5 Å². The van der Waals surface area contributed by atoms with Crippen LogP contribution in [0, 0.1) is 22.7 Å². The molecule has 1 N–H and O–H groups in total. The zero-order valence-electron chi connectivity index (χ0n) is 8.75. The topological polar surface area (TPSA) is 20.2 Å². The fourth-order valence-electron chi connectivity index (χ4n) is 3.76. The van der Waals surface area contributed by atoms with E-state index in [2.05, 4.69) is 33.4 Å². The molecule has 2 bridgehead atoms. The normalized spacial score (nSPS) is 52.8. The molecule has 76 valence electrons. The van der Waals surface area contributed by atoms with Crippen LogP contribution in [0.5, 0.6) is 0 Å². The Morgan fingerprint density at radius 3 is 2.31 bits per heavy atom. The third-order valence-corrected chi connectivity index (χ3v) is 5.58. The zero-order chi connectivity index (χ0) is 9.85. The number of rotatable bonds is 1. The van der Waals surface area contributed by atoms with Crippen LogP contribution in [0.25, 0.3) is 0 Å². The Hall–Kier alpha value is 0.310. The van der Waals surface area contributed by atoms with Crippen molar-refractivity contribution >= 4 is 12.6 Å². The third kappa shape index (κ3) is 0.940. The number of fused-ring (bicyclic) bond motifs is 2. The first-order valence-electron chi connectivity index (χ1n) is 5.24. The standard InChI is InChI=1S/C11H20OS/c1-10(2)8-4-5-11(10,3)9(12)7(8)6-13/h7-9,12-13H,4-6H2,1-3H3. The van der Waals surface area contributed by atoms with E-state index in [1.54, 1.807) is 0 Å². The number of hydrogen-bond donors (Lipinski definition) is 2. The van der Waals surface area contributed by atoms with Crippen LogP contribution < -0.4 is 0 Å². The molecule has 4 atom stereocenters. The summed E-state index contributed by atoms with van der Waals surface area (Å²) in [6, 6.07) is 0. The maximum atomic E-state index is 10.2. The average Bonchev–Trinajstić information content (AvgIpc) is 2.36. The molecule has 2 aliphatic rings. The highest BCUT2D eigenvalue weighted by molar-refractivity contribution is 7.80. The van der Waals surface area contributed by atoms with Crippen molar-refractivity contribution in [1.82, 2.24) is 0 Å². The van der Waals surface area contributed by atoms with E-state index >= 15 is 0 Å². The van der Waals surface area contributed by atoms with Gasteiger partial charge in [-0.3, -0.25) is 0 Å². The second-order valence-corrected chi connectivity index (χ2v) is 5.94. The zero-order valence-corrected chi connectivity index (χ0v) is 9.64. The van der Waals surface area contributed by atoms with Gasteiger partial charge in [-0.25, -0.2) is 0 Å². The number of aliphatic hydroxyl groups is 1. The molecular formula is C11H20OS. The van der Waals surface area contributed by atoms with E-state index in [0.29, 0.717) is 17.3 Å². The third-order valence-electron chi connectivity index (χ3n) is 5.16. The Labute approximate surface area is 86.3 Å². The molecule has 2 fully saturated rings. The summed E-state index contributed by atoms with van der Waals surface area (Å²) in [7, 11) is 0. The van der Waals surface area contributed by atoms with Gasteiger partial charge in [-0.2, -0.15) is 12.6 Å². The van der Waals surface area contributed by atoms with Crippen molar-refractivity contribution in [2.75, 3.05) is 5.75 Å². The molecule has 2 rings (SSSR count). The highest BCUT2D eigenvalue weighted by atomic mass is 32.1. The predicted molar refractivity (Wildman–Crippen MR) is 58.0 cm³/mol. The largest absolute Gasteiger partial charge is 0.392 e. The van der Waals surface area contributed by atoms with Gasteiger partial charge in [0.25, 0.3) is 0 Å². The molecule has 2 saturated carbocycles. The lowest BCUT2D eigenvalue weighted by Crippen LogP contribution is -2.37. The second kappa shape index (κ2) is 2.66. The van der Waals surface area contributed by atoms with E-state index in [9.17, 15) is 5.11 Å². The van der Waals surface area contributed by atoms with Crippen molar-refractivity contribution < 1.29 is 5.11 Å². The monoisotopic (exact) mass is 200 g/mol. The molecular weight excluding hydrogens is 180 g/mol. The molecule has 0 aliphatic heterocycles. The van der Waals surface area contributed by atoms with Crippen LogP contribution >= 0.6 is 12.6 Å². The Kier molecular flexibility index (Phi) is 2.02. The highest BCUT2D eigenvalue weighted by Gasteiger charge is 2.65. The minimum atomic E-state index is -0.126. The number of thiol groups is 1. The maximum Gasteiger partial charge on any atom is 0.0637 e. The van der Waals surface area contributed by atoms with Crippen LogP contribution in [0.15, 0.2) is 0 Å². The number of aliphatic hydroxyl groups excluding tert-OH is 1. The van der Waals surface area contributed by atoms with Gasteiger partial charge in [-0.1, -0.05) is 20.8 Å². The van der Waals surface area contributed by atoms with Crippen LogP contribution in [0.4, 0.5) is 0 Å². The quantitative estimate of drug-likeness (QED) is 0.623. The summed E-state index contributed by atoms with van der Waals surface area (Å²) in [6.07, 6.45) is 2.35. The van der Waals surface area contributed by atoms with E-state index in [1.165, 1.54) is 12.8 Å². The lowest BCUT2D eigenvalue weighted by atomic mass is 9.70. The smallest absolute Gasteiger partial charge is 0.0637 e. The van der Waals surface area contributed by atoms with Crippen molar-refractivity contribution in [2.24, 2.45) is 22.7 Å². The van der Waals surface area contributed by atoms with Crippen LogP contribution in [-0.2, 0) is 0 Å². The lowest BCUT2D eigenvalue weighted by molar-refractivity contribution is -0.00520. The van der Waals surface area contributed by atoms with Crippen LogP contribution in [-0.4, -0.2) is 17.0 Å². The van der Waals surface area contributed by atoms with E-state index < -0.39 is 0 Å². The molecule has 0 heterocycles. The molecule has 1 nitrogen and oxygen atoms in total. The van der Waals surface area contributed by atoms with Gasteiger partial charge in [0.2, 0.25) is 0 Å². The molecule has 0 aromatic carbocycles. The first kappa shape index (κ1) is 9.85. The summed E-state index contributed by atoms with van der Waals surface area (Å²) in [4.78, 5) is 0. The van der Waals surface area contributed by atoms with Gasteiger partial charge in [-0.15, -0.1) is 0 Å². The molecule has 0 spiro atoms. The Morgan fingerprint density at radius 1 is 1.38 bits per heavy atom. The molecule has 0 amide bonds. The highest BCUT2D eigenvalue weighted by Crippen LogP contribution is 2.67. The van der Waals surface area contributed by atoms with Gasteiger partial charge in [0.1, 0.15) is 0 Å². The van der Waals surface area contributed by atoms with E-state index in [0.717, 1.165) is 5.75 Å². The first-order valence-corrected chi connectivity index (χ1v) is 5.87. The van der Waals surface area contributed by atoms with E-state index in [4.69, 9.17) is 0 Å². The molecule has 13 heavy (non-hydrogen) atoms. The SMILES string of the molecule is CC1(C)C2CCC1(C)C(O)C2CS. The molecule has 2 heteroatoms.